The molecule has 2 amide bonds. The van der Waals surface area contributed by atoms with Gasteiger partial charge in [-0.05, 0) is 68.0 Å². The molecule has 0 bridgehead atoms. The van der Waals surface area contributed by atoms with Gasteiger partial charge >= 0.3 is 6.09 Å². The summed E-state index contributed by atoms with van der Waals surface area (Å²) in [6.45, 7) is 11.5. The van der Waals surface area contributed by atoms with Crippen molar-refractivity contribution in [1.82, 2.24) is 14.7 Å². The summed E-state index contributed by atoms with van der Waals surface area (Å²) in [5.74, 6) is 0.0555. The summed E-state index contributed by atoms with van der Waals surface area (Å²) in [7, 11) is 0. The highest BCUT2D eigenvalue weighted by Gasteiger charge is 2.33. The second-order valence-corrected chi connectivity index (χ2v) is 11.1. The number of carbonyl (C=O) groups is 2. The number of carbonyl (C=O) groups excluding carboxylic acids is 2. The van der Waals surface area contributed by atoms with Crippen LogP contribution in [0.2, 0.25) is 0 Å². The Morgan fingerprint density at radius 3 is 2.44 bits per heavy atom. The van der Waals surface area contributed by atoms with Gasteiger partial charge in [0.15, 0.2) is 0 Å². The molecular formula is C29H37N3O4. The molecule has 5 rings (SSSR count). The maximum absolute atomic E-state index is 13.9. The van der Waals surface area contributed by atoms with Crippen molar-refractivity contribution in [2.45, 2.75) is 58.3 Å². The molecular weight excluding hydrogens is 454 g/mol. The quantitative estimate of drug-likeness (QED) is 0.652. The first-order valence-corrected chi connectivity index (χ1v) is 13.0. The number of amides is 2. The normalized spacial score (nSPS) is 20.5. The first-order valence-electron chi connectivity index (χ1n) is 13.0. The van der Waals surface area contributed by atoms with Crippen molar-refractivity contribution in [3.05, 3.63) is 70.3 Å². The van der Waals surface area contributed by atoms with Crippen LogP contribution < -0.4 is 0 Å². The standard InChI is InChI=1S/C29H37N3O4/c1-29(2,3)36-28(34)31-11-10-21-8-9-23(16-25(21)18-31)27(33)32-19-24-7-5-4-6-22(24)17-26(32)20-30-12-14-35-15-13-30/h4-9,16,26H,10-15,17-20H2,1-3H3/t26-/m0/s1. The lowest BCUT2D eigenvalue weighted by atomic mass is 9.92. The summed E-state index contributed by atoms with van der Waals surface area (Å²) in [5.41, 5.74) is 4.93. The van der Waals surface area contributed by atoms with E-state index >= 15 is 0 Å². The van der Waals surface area contributed by atoms with E-state index in [9.17, 15) is 9.59 Å². The third-order valence-electron chi connectivity index (χ3n) is 7.31. The predicted molar refractivity (Wildman–Crippen MR) is 138 cm³/mol. The van der Waals surface area contributed by atoms with Crippen LogP contribution in [-0.4, -0.2) is 77.7 Å². The van der Waals surface area contributed by atoms with Gasteiger partial charge in [-0.15, -0.1) is 0 Å². The Labute approximate surface area is 214 Å². The molecule has 192 valence electrons. The van der Waals surface area contributed by atoms with Crippen molar-refractivity contribution in [1.29, 1.82) is 0 Å². The summed E-state index contributed by atoms with van der Waals surface area (Å²) in [6, 6.07) is 14.6. The summed E-state index contributed by atoms with van der Waals surface area (Å²) >= 11 is 0. The van der Waals surface area contributed by atoms with Gasteiger partial charge < -0.3 is 19.3 Å². The third kappa shape index (κ3) is 5.57. The Hall–Kier alpha value is -2.90. The molecule has 3 heterocycles. The monoisotopic (exact) mass is 491 g/mol. The minimum absolute atomic E-state index is 0.0555. The zero-order valence-corrected chi connectivity index (χ0v) is 21.7. The van der Waals surface area contributed by atoms with Crippen LogP contribution in [0, 0.1) is 0 Å². The number of ether oxygens (including phenoxy) is 2. The van der Waals surface area contributed by atoms with Crippen molar-refractivity contribution in [2.75, 3.05) is 39.4 Å². The number of morpholine rings is 1. The molecule has 7 nitrogen and oxygen atoms in total. The van der Waals surface area contributed by atoms with Crippen molar-refractivity contribution in [3.63, 3.8) is 0 Å². The summed E-state index contributed by atoms with van der Waals surface area (Å²) in [4.78, 5) is 32.8. The average molecular weight is 492 g/mol. The van der Waals surface area contributed by atoms with Crippen LogP contribution in [0.15, 0.2) is 42.5 Å². The lowest BCUT2D eigenvalue weighted by Gasteiger charge is -2.40. The first-order chi connectivity index (χ1) is 17.3. The summed E-state index contributed by atoms with van der Waals surface area (Å²) < 4.78 is 11.1. The zero-order valence-electron chi connectivity index (χ0n) is 21.7. The molecule has 0 aromatic heterocycles. The number of hydrogen-bond donors (Lipinski definition) is 0. The molecule has 0 saturated carbocycles. The molecule has 3 aliphatic rings. The van der Waals surface area contributed by atoms with Crippen LogP contribution in [0.4, 0.5) is 4.79 Å². The Bertz CT molecular complexity index is 1120. The first kappa shape index (κ1) is 24.8. The van der Waals surface area contributed by atoms with Gasteiger partial charge in [0, 0.05) is 50.9 Å². The van der Waals surface area contributed by atoms with Crippen LogP contribution in [0.25, 0.3) is 0 Å². The third-order valence-corrected chi connectivity index (χ3v) is 7.31. The number of benzene rings is 2. The average Bonchev–Trinajstić information content (AvgIpc) is 2.87. The van der Waals surface area contributed by atoms with E-state index in [4.69, 9.17) is 9.47 Å². The molecule has 1 saturated heterocycles. The van der Waals surface area contributed by atoms with E-state index in [1.54, 1.807) is 4.90 Å². The lowest BCUT2D eigenvalue weighted by Crippen LogP contribution is -2.52. The highest BCUT2D eigenvalue weighted by atomic mass is 16.6. The Kier molecular flexibility index (Phi) is 7.04. The molecule has 0 aliphatic carbocycles. The predicted octanol–water partition coefficient (Wildman–Crippen LogP) is 3.88. The number of nitrogens with zero attached hydrogens (tertiary/aromatic N) is 3. The van der Waals surface area contributed by atoms with E-state index in [2.05, 4.69) is 29.2 Å². The minimum Gasteiger partial charge on any atom is -0.444 e. The Morgan fingerprint density at radius 2 is 1.69 bits per heavy atom. The molecule has 0 spiro atoms. The number of rotatable bonds is 3. The maximum Gasteiger partial charge on any atom is 0.410 e. The fourth-order valence-corrected chi connectivity index (χ4v) is 5.41. The van der Waals surface area contributed by atoms with Crippen LogP contribution >= 0.6 is 0 Å². The largest absolute Gasteiger partial charge is 0.444 e. The van der Waals surface area contributed by atoms with Crippen molar-refractivity contribution in [2.24, 2.45) is 0 Å². The second kappa shape index (κ2) is 10.2. The van der Waals surface area contributed by atoms with Crippen LogP contribution in [0.1, 0.15) is 53.4 Å². The van der Waals surface area contributed by atoms with Gasteiger partial charge in [0.1, 0.15) is 5.60 Å². The second-order valence-electron chi connectivity index (χ2n) is 11.1. The molecule has 0 N–H and O–H groups in total. The summed E-state index contributed by atoms with van der Waals surface area (Å²) in [6.07, 6.45) is 1.32. The van der Waals surface area contributed by atoms with Crippen molar-refractivity contribution >= 4 is 12.0 Å². The van der Waals surface area contributed by atoms with E-state index in [0.29, 0.717) is 25.2 Å². The fourth-order valence-electron chi connectivity index (χ4n) is 5.41. The van der Waals surface area contributed by atoms with Crippen LogP contribution in [-0.2, 0) is 35.4 Å². The van der Waals surface area contributed by atoms with Crippen LogP contribution in [0.5, 0.6) is 0 Å². The fraction of sp³-hybridized carbons (Fsp3) is 0.517. The molecule has 36 heavy (non-hydrogen) atoms. The van der Waals surface area contributed by atoms with Crippen molar-refractivity contribution < 1.29 is 19.1 Å². The molecule has 0 radical (unpaired) electrons. The molecule has 1 fully saturated rings. The van der Waals surface area contributed by atoms with E-state index in [1.165, 1.54) is 16.7 Å². The molecule has 2 aromatic carbocycles. The van der Waals surface area contributed by atoms with Gasteiger partial charge in [0.05, 0.1) is 13.2 Å². The van der Waals surface area contributed by atoms with Gasteiger partial charge in [-0.1, -0.05) is 30.3 Å². The Balaban J connectivity index is 1.36. The molecule has 0 unspecified atom stereocenters. The van der Waals surface area contributed by atoms with E-state index in [1.807, 2.05) is 43.9 Å². The number of fused-ring (bicyclic) bond motifs is 2. The van der Waals surface area contributed by atoms with E-state index in [-0.39, 0.29) is 18.0 Å². The Morgan fingerprint density at radius 1 is 0.944 bits per heavy atom. The van der Waals surface area contributed by atoms with Crippen LogP contribution in [0.3, 0.4) is 0 Å². The van der Waals surface area contributed by atoms with Gasteiger partial charge in [0.2, 0.25) is 0 Å². The SMILES string of the molecule is CC(C)(C)OC(=O)N1CCc2ccc(C(=O)N3Cc4ccccc4C[C@H]3CN3CCOCC3)cc2C1. The topological polar surface area (TPSA) is 62.3 Å². The number of hydrogen-bond acceptors (Lipinski definition) is 5. The molecule has 3 aliphatic heterocycles. The molecule has 2 aromatic rings. The van der Waals surface area contributed by atoms with E-state index in [0.717, 1.165) is 51.3 Å². The summed E-state index contributed by atoms with van der Waals surface area (Å²) in [5, 5.41) is 0. The van der Waals surface area contributed by atoms with Gasteiger partial charge in [0.25, 0.3) is 5.91 Å². The lowest BCUT2D eigenvalue weighted by molar-refractivity contribution is 0.0192. The van der Waals surface area contributed by atoms with Crippen molar-refractivity contribution in [3.8, 4) is 0 Å². The maximum atomic E-state index is 13.9. The highest BCUT2D eigenvalue weighted by molar-refractivity contribution is 5.95. The molecule has 1 atom stereocenters. The smallest absolute Gasteiger partial charge is 0.410 e. The minimum atomic E-state index is -0.533. The van der Waals surface area contributed by atoms with Gasteiger partial charge in [-0.3, -0.25) is 9.69 Å². The molecule has 7 heteroatoms. The van der Waals surface area contributed by atoms with Gasteiger partial charge in [-0.25, -0.2) is 4.79 Å². The van der Waals surface area contributed by atoms with E-state index < -0.39 is 5.60 Å². The van der Waals surface area contributed by atoms with Gasteiger partial charge in [-0.2, -0.15) is 0 Å². The highest BCUT2D eigenvalue weighted by Crippen LogP contribution is 2.28. The zero-order chi connectivity index (χ0) is 25.3.